The molecule has 5 rings (SSSR count). The standard InChI is InChI=1S/C22H23N3O6S2/c1-29-15-2-4-17-20(12-15)32-22(23-17)24-21(26)14-6-8-25(9-7-14)33(27,28)16-3-5-18-19(13-16)31-11-10-30-18/h2-5,12-14H,6-11H2,1H3,(H,23,24,26). The van der Waals surface area contributed by atoms with Gasteiger partial charge >= 0.3 is 0 Å². The Kier molecular flexibility index (Phi) is 5.85. The average Bonchev–Trinajstić information content (AvgIpc) is 3.25. The molecule has 9 nitrogen and oxygen atoms in total. The molecule has 0 radical (unpaired) electrons. The largest absolute Gasteiger partial charge is 0.497 e. The van der Waals surface area contributed by atoms with Gasteiger partial charge in [-0.2, -0.15) is 4.31 Å². The van der Waals surface area contributed by atoms with E-state index in [1.807, 2.05) is 18.2 Å². The first-order valence-electron chi connectivity index (χ1n) is 10.6. The van der Waals surface area contributed by atoms with Crippen LogP contribution < -0.4 is 19.5 Å². The Hall–Kier alpha value is -2.89. The van der Waals surface area contributed by atoms with E-state index in [0.29, 0.717) is 42.7 Å². The van der Waals surface area contributed by atoms with Crippen LogP contribution in [0.25, 0.3) is 10.2 Å². The highest BCUT2D eigenvalue weighted by Gasteiger charge is 2.33. The van der Waals surface area contributed by atoms with Gasteiger partial charge in [0.2, 0.25) is 15.9 Å². The lowest BCUT2D eigenvalue weighted by Gasteiger charge is -2.30. The summed E-state index contributed by atoms with van der Waals surface area (Å²) in [7, 11) is -2.08. The fourth-order valence-electron chi connectivity index (χ4n) is 3.98. The van der Waals surface area contributed by atoms with Crippen LogP contribution >= 0.6 is 11.3 Å². The monoisotopic (exact) mass is 489 g/mol. The molecule has 0 aliphatic carbocycles. The topological polar surface area (TPSA) is 107 Å². The summed E-state index contributed by atoms with van der Waals surface area (Å²) >= 11 is 1.38. The van der Waals surface area contributed by atoms with E-state index >= 15 is 0 Å². The Morgan fingerprint density at radius 3 is 2.64 bits per heavy atom. The minimum atomic E-state index is -3.68. The van der Waals surface area contributed by atoms with Crippen molar-refractivity contribution >= 4 is 42.6 Å². The number of sulfonamides is 1. The number of nitrogens with zero attached hydrogens (tertiary/aromatic N) is 2. The quantitative estimate of drug-likeness (QED) is 0.587. The maximum atomic E-state index is 13.1. The summed E-state index contributed by atoms with van der Waals surface area (Å²) in [5.74, 6) is 1.29. The molecule has 1 saturated heterocycles. The van der Waals surface area contributed by atoms with Crippen molar-refractivity contribution in [3.63, 3.8) is 0 Å². The van der Waals surface area contributed by atoms with Crippen molar-refractivity contribution in [3.05, 3.63) is 36.4 Å². The second-order valence-corrected chi connectivity index (χ2v) is 10.8. The zero-order valence-corrected chi connectivity index (χ0v) is 19.6. The fraction of sp³-hybridized carbons (Fsp3) is 0.364. The number of aromatic nitrogens is 1. The molecular formula is C22H23N3O6S2. The number of nitrogens with one attached hydrogen (secondary N) is 1. The molecule has 1 fully saturated rings. The molecule has 0 saturated carbocycles. The number of carbonyl (C=O) groups is 1. The highest BCUT2D eigenvalue weighted by molar-refractivity contribution is 7.89. The highest BCUT2D eigenvalue weighted by Crippen LogP contribution is 2.34. The van der Waals surface area contributed by atoms with Crippen LogP contribution in [0.2, 0.25) is 0 Å². The van der Waals surface area contributed by atoms with E-state index in [9.17, 15) is 13.2 Å². The van der Waals surface area contributed by atoms with Gasteiger partial charge in [0.1, 0.15) is 19.0 Å². The number of ether oxygens (including phenoxy) is 3. The maximum absolute atomic E-state index is 13.1. The molecule has 1 aromatic heterocycles. The minimum absolute atomic E-state index is 0.141. The SMILES string of the molecule is COc1ccc2nc(NC(=O)C3CCN(S(=O)(=O)c4ccc5c(c4)OCCO5)CC3)sc2c1. The molecular weight excluding hydrogens is 466 g/mol. The van der Waals surface area contributed by atoms with Crippen LogP contribution in [0.1, 0.15) is 12.8 Å². The lowest BCUT2D eigenvalue weighted by atomic mass is 9.97. The van der Waals surface area contributed by atoms with Gasteiger partial charge in [0.05, 0.1) is 22.2 Å². The molecule has 2 aliphatic heterocycles. The fourth-order valence-corrected chi connectivity index (χ4v) is 6.37. The van der Waals surface area contributed by atoms with Gasteiger partial charge in [-0.05, 0) is 43.2 Å². The number of benzene rings is 2. The number of rotatable bonds is 5. The molecule has 1 N–H and O–H groups in total. The van der Waals surface area contributed by atoms with Gasteiger partial charge in [-0.25, -0.2) is 13.4 Å². The number of piperidine rings is 1. The summed E-state index contributed by atoms with van der Waals surface area (Å²) in [5.41, 5.74) is 0.788. The Labute approximate surface area is 195 Å². The van der Waals surface area contributed by atoms with Crippen molar-refractivity contribution in [1.82, 2.24) is 9.29 Å². The Morgan fingerprint density at radius 2 is 1.88 bits per heavy atom. The molecule has 3 aromatic rings. The number of thiazole rings is 1. The van der Waals surface area contributed by atoms with Crippen molar-refractivity contribution in [1.29, 1.82) is 0 Å². The highest BCUT2D eigenvalue weighted by atomic mass is 32.2. The van der Waals surface area contributed by atoms with Crippen LogP contribution in [-0.4, -0.2) is 57.0 Å². The second kappa shape index (κ2) is 8.81. The van der Waals surface area contributed by atoms with E-state index in [1.54, 1.807) is 13.2 Å². The van der Waals surface area contributed by atoms with Crippen LogP contribution in [0.15, 0.2) is 41.3 Å². The van der Waals surface area contributed by atoms with Gasteiger partial charge < -0.3 is 19.5 Å². The summed E-state index contributed by atoms with van der Waals surface area (Å²) in [4.78, 5) is 17.4. The zero-order chi connectivity index (χ0) is 23.0. The molecule has 174 valence electrons. The van der Waals surface area contributed by atoms with Gasteiger partial charge in [-0.15, -0.1) is 0 Å². The van der Waals surface area contributed by atoms with Crippen molar-refractivity contribution < 1.29 is 27.4 Å². The van der Waals surface area contributed by atoms with Crippen molar-refractivity contribution in [2.45, 2.75) is 17.7 Å². The third kappa shape index (κ3) is 4.35. The minimum Gasteiger partial charge on any atom is -0.497 e. The van der Waals surface area contributed by atoms with Crippen molar-refractivity contribution in [3.8, 4) is 17.2 Å². The van der Waals surface area contributed by atoms with Crippen LogP contribution in [0, 0.1) is 5.92 Å². The van der Waals surface area contributed by atoms with Crippen LogP contribution in [0.5, 0.6) is 17.2 Å². The third-order valence-corrected chi connectivity index (χ3v) is 8.63. The molecule has 1 amide bonds. The summed E-state index contributed by atoms with van der Waals surface area (Å²) in [6.07, 6.45) is 0.878. The number of methoxy groups -OCH3 is 1. The van der Waals surface area contributed by atoms with E-state index in [-0.39, 0.29) is 29.8 Å². The molecule has 11 heteroatoms. The lowest BCUT2D eigenvalue weighted by Crippen LogP contribution is -2.41. The van der Waals surface area contributed by atoms with Crippen LogP contribution in [0.4, 0.5) is 5.13 Å². The number of amides is 1. The molecule has 2 aromatic carbocycles. The molecule has 0 atom stereocenters. The summed E-state index contributed by atoms with van der Waals surface area (Å²) < 4.78 is 44.8. The Bertz CT molecular complexity index is 1300. The summed E-state index contributed by atoms with van der Waals surface area (Å²) in [6, 6.07) is 10.2. The van der Waals surface area contributed by atoms with Crippen molar-refractivity contribution in [2.24, 2.45) is 5.92 Å². The van der Waals surface area contributed by atoms with Crippen molar-refractivity contribution in [2.75, 3.05) is 38.7 Å². The molecule has 33 heavy (non-hydrogen) atoms. The van der Waals surface area contributed by atoms with Gasteiger partial charge in [0.25, 0.3) is 0 Å². The number of anilines is 1. The Morgan fingerprint density at radius 1 is 1.12 bits per heavy atom. The van der Waals surface area contributed by atoms with E-state index in [1.165, 1.54) is 27.8 Å². The summed E-state index contributed by atoms with van der Waals surface area (Å²) in [6.45, 7) is 1.37. The molecule has 0 unspecified atom stereocenters. The molecule has 0 spiro atoms. The second-order valence-electron chi connectivity index (χ2n) is 7.83. The van der Waals surface area contributed by atoms with Gasteiger partial charge in [-0.1, -0.05) is 11.3 Å². The normalized spacial score (nSPS) is 17.1. The number of hydrogen-bond acceptors (Lipinski definition) is 8. The smallest absolute Gasteiger partial charge is 0.243 e. The van der Waals surface area contributed by atoms with Gasteiger partial charge in [0.15, 0.2) is 16.6 Å². The third-order valence-electron chi connectivity index (χ3n) is 5.80. The van der Waals surface area contributed by atoms with E-state index in [2.05, 4.69) is 10.3 Å². The lowest BCUT2D eigenvalue weighted by molar-refractivity contribution is -0.120. The molecule has 3 heterocycles. The predicted octanol–water partition coefficient (Wildman–Crippen LogP) is 3.12. The Balaban J connectivity index is 1.22. The number of hydrogen-bond donors (Lipinski definition) is 1. The predicted molar refractivity (Wildman–Crippen MR) is 124 cm³/mol. The van der Waals surface area contributed by atoms with Crippen LogP contribution in [-0.2, 0) is 14.8 Å². The maximum Gasteiger partial charge on any atom is 0.243 e. The van der Waals surface area contributed by atoms with E-state index in [0.717, 1.165) is 16.0 Å². The first-order chi connectivity index (χ1) is 15.9. The average molecular weight is 490 g/mol. The van der Waals surface area contributed by atoms with E-state index in [4.69, 9.17) is 14.2 Å². The van der Waals surface area contributed by atoms with Crippen LogP contribution in [0.3, 0.4) is 0 Å². The molecule has 2 aliphatic rings. The number of fused-ring (bicyclic) bond motifs is 2. The van der Waals surface area contributed by atoms with Gasteiger partial charge in [0, 0.05) is 25.1 Å². The number of carbonyl (C=O) groups excluding carboxylic acids is 1. The first-order valence-corrected chi connectivity index (χ1v) is 12.8. The molecule has 0 bridgehead atoms. The van der Waals surface area contributed by atoms with E-state index < -0.39 is 10.0 Å². The first kappa shape index (κ1) is 21.9. The van der Waals surface area contributed by atoms with Gasteiger partial charge in [-0.3, -0.25) is 4.79 Å². The summed E-state index contributed by atoms with van der Waals surface area (Å²) in [5, 5.41) is 3.41. The zero-order valence-electron chi connectivity index (χ0n) is 17.9.